The van der Waals surface area contributed by atoms with Gasteiger partial charge in [0.2, 0.25) is 0 Å². The van der Waals surface area contributed by atoms with Crippen LogP contribution in [0.2, 0.25) is 0 Å². The van der Waals surface area contributed by atoms with E-state index >= 15 is 0 Å². The van der Waals surface area contributed by atoms with Gasteiger partial charge in [0.1, 0.15) is 17.1 Å². The van der Waals surface area contributed by atoms with Gasteiger partial charge >= 0.3 is 5.69 Å². The number of carbonyl (C=O) groups excluding carboxylic acids is 1. The molecule has 4 aromatic rings. The van der Waals surface area contributed by atoms with Gasteiger partial charge in [0.15, 0.2) is 11.5 Å². The summed E-state index contributed by atoms with van der Waals surface area (Å²) in [5.41, 5.74) is 6.89. The van der Waals surface area contributed by atoms with E-state index < -0.39 is 17.0 Å². The van der Waals surface area contributed by atoms with Gasteiger partial charge in [-0.2, -0.15) is 0 Å². The summed E-state index contributed by atoms with van der Waals surface area (Å²) in [7, 11) is 0. The number of anilines is 1. The molecule has 0 aliphatic heterocycles. The monoisotopic (exact) mass is 460 g/mol. The van der Waals surface area contributed by atoms with Gasteiger partial charge in [-0.3, -0.25) is 19.1 Å². The van der Waals surface area contributed by atoms with E-state index in [1.54, 1.807) is 0 Å². The summed E-state index contributed by atoms with van der Waals surface area (Å²) in [5, 5.41) is 0.298. The molecule has 2 aromatic carbocycles. The van der Waals surface area contributed by atoms with Crippen LogP contribution >= 0.6 is 11.8 Å². The summed E-state index contributed by atoms with van der Waals surface area (Å²) in [6, 6.07) is 19.1. The molecule has 1 saturated carbocycles. The first-order chi connectivity index (χ1) is 16.0. The molecule has 0 radical (unpaired) electrons. The van der Waals surface area contributed by atoms with Crippen LogP contribution in [0.4, 0.5) is 5.82 Å². The Morgan fingerprint density at radius 2 is 1.70 bits per heavy atom. The maximum absolute atomic E-state index is 12.9. The number of ketones is 1. The Hall–Kier alpha value is -3.85. The highest BCUT2D eigenvalue weighted by molar-refractivity contribution is 7.99. The number of hydrogen-bond acceptors (Lipinski definition) is 7. The van der Waals surface area contributed by atoms with E-state index in [0.717, 1.165) is 35.7 Å². The van der Waals surface area contributed by atoms with E-state index in [9.17, 15) is 14.4 Å². The van der Waals surface area contributed by atoms with Crippen molar-refractivity contribution < 1.29 is 9.21 Å². The Kier molecular flexibility index (Phi) is 5.47. The number of Topliss-reactive ketones (excluding diaryl/α,β-unsaturated/α-hetero) is 1. The summed E-state index contributed by atoms with van der Waals surface area (Å²) >= 11 is 1.08. The van der Waals surface area contributed by atoms with Gasteiger partial charge in [-0.05, 0) is 12.8 Å². The molecular weight excluding hydrogens is 440 g/mol. The van der Waals surface area contributed by atoms with Crippen molar-refractivity contribution in [1.29, 1.82) is 0 Å². The van der Waals surface area contributed by atoms with E-state index in [2.05, 4.69) is 9.97 Å². The van der Waals surface area contributed by atoms with Crippen LogP contribution in [0.5, 0.6) is 0 Å². The van der Waals surface area contributed by atoms with Gasteiger partial charge in [0.05, 0.1) is 5.75 Å². The highest BCUT2D eigenvalue weighted by atomic mass is 32.2. The zero-order valence-electron chi connectivity index (χ0n) is 17.5. The standard InChI is InChI=1S/C24H20N4O4S/c25-21-18(22(30)27-23(31)28(21)16-11-12-16)17(29)13-33-24-26-19(14-7-3-1-4-8-14)20(32-24)15-9-5-2-6-10-15/h1-10,16H,11-13,25H2,(H,27,30,31). The van der Waals surface area contributed by atoms with Crippen molar-refractivity contribution in [2.24, 2.45) is 0 Å². The molecule has 0 atom stereocenters. The van der Waals surface area contributed by atoms with Crippen molar-refractivity contribution in [3.05, 3.63) is 87.1 Å². The molecule has 166 valence electrons. The second-order valence-corrected chi connectivity index (χ2v) is 8.65. The molecule has 0 amide bonds. The quantitative estimate of drug-likeness (QED) is 0.318. The van der Waals surface area contributed by atoms with E-state index in [-0.39, 0.29) is 23.2 Å². The lowest BCUT2D eigenvalue weighted by molar-refractivity contribution is 0.102. The minimum absolute atomic E-state index is 0.0674. The molecule has 0 bridgehead atoms. The van der Waals surface area contributed by atoms with Crippen molar-refractivity contribution >= 4 is 23.4 Å². The van der Waals surface area contributed by atoms with Gasteiger partial charge in [-0.25, -0.2) is 9.78 Å². The molecule has 0 spiro atoms. The molecule has 9 heteroatoms. The summed E-state index contributed by atoms with van der Waals surface area (Å²) in [4.78, 5) is 44.1. The third kappa shape index (κ3) is 4.14. The summed E-state index contributed by atoms with van der Waals surface area (Å²) < 4.78 is 7.32. The number of nitrogens with zero attached hydrogens (tertiary/aromatic N) is 2. The zero-order valence-corrected chi connectivity index (χ0v) is 18.3. The molecule has 3 N–H and O–H groups in total. The number of rotatable bonds is 7. The molecule has 0 unspecified atom stereocenters. The highest BCUT2D eigenvalue weighted by Crippen LogP contribution is 2.37. The number of carbonyl (C=O) groups is 1. The van der Waals surface area contributed by atoms with Gasteiger partial charge in [0, 0.05) is 17.2 Å². The number of aromatic amines is 1. The van der Waals surface area contributed by atoms with Crippen LogP contribution in [0.3, 0.4) is 0 Å². The highest BCUT2D eigenvalue weighted by Gasteiger charge is 2.30. The molecule has 1 aliphatic rings. The molecule has 1 fully saturated rings. The lowest BCUT2D eigenvalue weighted by Gasteiger charge is -2.10. The number of hydrogen-bond donors (Lipinski definition) is 2. The summed E-state index contributed by atoms with van der Waals surface area (Å²) in [6.07, 6.45) is 1.58. The molecule has 2 heterocycles. The Morgan fingerprint density at radius 3 is 2.33 bits per heavy atom. The Bertz CT molecular complexity index is 1380. The zero-order chi connectivity index (χ0) is 22.9. The van der Waals surface area contributed by atoms with E-state index in [1.165, 1.54) is 4.57 Å². The van der Waals surface area contributed by atoms with Crippen molar-refractivity contribution in [3.8, 4) is 22.6 Å². The third-order valence-electron chi connectivity index (χ3n) is 5.39. The van der Waals surface area contributed by atoms with Crippen molar-refractivity contribution in [2.45, 2.75) is 24.1 Å². The maximum atomic E-state index is 12.9. The van der Waals surface area contributed by atoms with Crippen LogP contribution in [-0.4, -0.2) is 26.1 Å². The molecule has 5 rings (SSSR count). The first kappa shape index (κ1) is 21.0. The maximum Gasteiger partial charge on any atom is 0.330 e. The summed E-state index contributed by atoms with van der Waals surface area (Å²) in [5.74, 6) is -0.0940. The number of nitrogen functional groups attached to an aromatic ring is 1. The molecule has 33 heavy (non-hydrogen) atoms. The van der Waals surface area contributed by atoms with Gasteiger partial charge in [-0.15, -0.1) is 0 Å². The van der Waals surface area contributed by atoms with Crippen LogP contribution in [0, 0.1) is 0 Å². The lowest BCUT2D eigenvalue weighted by atomic mass is 10.1. The number of H-pyrrole nitrogens is 1. The van der Waals surface area contributed by atoms with Gasteiger partial charge in [-0.1, -0.05) is 72.4 Å². The fourth-order valence-corrected chi connectivity index (χ4v) is 4.37. The largest absolute Gasteiger partial charge is 0.431 e. The van der Waals surface area contributed by atoms with Gasteiger partial charge in [0.25, 0.3) is 10.8 Å². The predicted octanol–water partition coefficient (Wildman–Crippen LogP) is 3.75. The number of aromatic nitrogens is 3. The van der Waals surface area contributed by atoms with Crippen LogP contribution in [0.15, 0.2) is 79.9 Å². The van der Waals surface area contributed by atoms with Crippen molar-refractivity contribution in [2.75, 3.05) is 11.5 Å². The smallest absolute Gasteiger partial charge is 0.330 e. The average molecular weight is 461 g/mol. The van der Waals surface area contributed by atoms with Crippen LogP contribution in [0.25, 0.3) is 22.6 Å². The van der Waals surface area contributed by atoms with Crippen LogP contribution in [-0.2, 0) is 0 Å². The number of benzene rings is 2. The second-order valence-electron chi connectivity index (χ2n) is 7.72. The Morgan fingerprint density at radius 1 is 1.06 bits per heavy atom. The predicted molar refractivity (Wildman–Crippen MR) is 126 cm³/mol. The summed E-state index contributed by atoms with van der Waals surface area (Å²) in [6.45, 7) is 0. The first-order valence-electron chi connectivity index (χ1n) is 10.4. The first-order valence-corrected chi connectivity index (χ1v) is 11.4. The van der Waals surface area contributed by atoms with E-state index in [1.807, 2.05) is 60.7 Å². The van der Waals surface area contributed by atoms with Crippen LogP contribution < -0.4 is 17.0 Å². The normalized spacial score (nSPS) is 13.2. The lowest BCUT2D eigenvalue weighted by Crippen LogP contribution is -2.36. The Balaban J connectivity index is 1.45. The molecule has 1 aliphatic carbocycles. The number of nitrogens with one attached hydrogen (secondary N) is 1. The fraction of sp³-hybridized carbons (Fsp3) is 0.167. The second kappa shape index (κ2) is 8.59. The van der Waals surface area contributed by atoms with Crippen molar-refractivity contribution in [3.63, 3.8) is 0 Å². The van der Waals surface area contributed by atoms with Gasteiger partial charge < -0.3 is 10.2 Å². The Labute approximate surface area is 192 Å². The molecular formula is C24H20N4O4S. The van der Waals surface area contributed by atoms with E-state index in [4.69, 9.17) is 10.2 Å². The van der Waals surface area contributed by atoms with E-state index in [0.29, 0.717) is 16.7 Å². The molecule has 8 nitrogen and oxygen atoms in total. The number of oxazole rings is 1. The minimum Gasteiger partial charge on any atom is -0.431 e. The topological polar surface area (TPSA) is 124 Å². The average Bonchev–Trinajstić information content (AvgIpc) is 3.55. The number of nitrogens with two attached hydrogens (primary N) is 1. The number of thioether (sulfide) groups is 1. The fourth-order valence-electron chi connectivity index (χ4n) is 3.67. The molecule has 0 saturated heterocycles. The minimum atomic E-state index is -0.776. The van der Waals surface area contributed by atoms with Crippen LogP contribution in [0.1, 0.15) is 29.2 Å². The van der Waals surface area contributed by atoms with Crippen molar-refractivity contribution in [1.82, 2.24) is 14.5 Å². The SMILES string of the molecule is Nc1c(C(=O)CSc2nc(-c3ccccc3)c(-c3ccccc3)o2)c(=O)[nH]c(=O)n1C1CC1. The third-order valence-corrected chi connectivity index (χ3v) is 6.22. The molecule has 2 aromatic heterocycles.